The number of esters is 2. The highest BCUT2D eigenvalue weighted by atomic mass is 16.6. The number of carbonyl (C=O) groups excluding carboxylic acids is 2. The van der Waals surface area contributed by atoms with Crippen LogP contribution < -0.4 is 4.74 Å². The van der Waals surface area contributed by atoms with Crippen molar-refractivity contribution in [1.29, 1.82) is 0 Å². The van der Waals surface area contributed by atoms with Crippen LogP contribution >= 0.6 is 0 Å². The molecular formula is C20H30O6. The summed E-state index contributed by atoms with van der Waals surface area (Å²) in [6, 6.07) is 7.18. The lowest BCUT2D eigenvalue weighted by Crippen LogP contribution is -2.33. The van der Waals surface area contributed by atoms with Crippen LogP contribution in [0.4, 0.5) is 0 Å². The van der Waals surface area contributed by atoms with E-state index in [0.29, 0.717) is 25.4 Å². The number of benzene rings is 1. The van der Waals surface area contributed by atoms with Crippen LogP contribution in [0.5, 0.6) is 5.75 Å². The molecule has 0 N–H and O–H groups in total. The van der Waals surface area contributed by atoms with Crippen molar-refractivity contribution in [3.05, 3.63) is 29.8 Å². The molecule has 0 bridgehead atoms. The second-order valence-corrected chi connectivity index (χ2v) is 6.84. The van der Waals surface area contributed by atoms with Gasteiger partial charge in [-0.2, -0.15) is 0 Å². The fourth-order valence-electron chi connectivity index (χ4n) is 2.20. The average Bonchev–Trinajstić information content (AvgIpc) is 2.54. The van der Waals surface area contributed by atoms with Gasteiger partial charge < -0.3 is 18.9 Å². The number of hydrogen-bond acceptors (Lipinski definition) is 6. The van der Waals surface area contributed by atoms with E-state index in [2.05, 4.69) is 0 Å². The third kappa shape index (κ3) is 7.87. The Morgan fingerprint density at radius 2 is 1.62 bits per heavy atom. The third-order valence-corrected chi connectivity index (χ3v) is 3.31. The zero-order chi connectivity index (χ0) is 19.7. The summed E-state index contributed by atoms with van der Waals surface area (Å²) in [7, 11) is 0. The van der Waals surface area contributed by atoms with Crippen molar-refractivity contribution in [2.24, 2.45) is 0 Å². The fraction of sp³-hybridized carbons (Fsp3) is 0.600. The Morgan fingerprint density at radius 1 is 1.00 bits per heavy atom. The topological polar surface area (TPSA) is 71.1 Å². The van der Waals surface area contributed by atoms with Crippen LogP contribution in [0.15, 0.2) is 24.3 Å². The predicted octanol–water partition coefficient (Wildman–Crippen LogP) is 3.31. The standard InChI is InChI=1S/C20H30O6/c1-7-23-17(19(22)24-8-2)13-15-9-11-16(12-10-15)25-14(3)18(21)26-20(4,5)6/h9-12,14,17H,7-8,13H2,1-6H3. The molecule has 0 aliphatic rings. The second-order valence-electron chi connectivity index (χ2n) is 6.84. The normalized spacial score (nSPS) is 13.6. The first-order valence-corrected chi connectivity index (χ1v) is 8.93. The van der Waals surface area contributed by atoms with Crippen LogP contribution in [-0.2, 0) is 30.2 Å². The zero-order valence-corrected chi connectivity index (χ0v) is 16.5. The van der Waals surface area contributed by atoms with E-state index in [1.54, 1.807) is 26.0 Å². The molecule has 0 fully saturated rings. The van der Waals surface area contributed by atoms with E-state index in [-0.39, 0.29) is 5.97 Å². The van der Waals surface area contributed by atoms with Crippen molar-refractivity contribution in [1.82, 2.24) is 0 Å². The summed E-state index contributed by atoms with van der Waals surface area (Å²) in [6.07, 6.45) is -0.933. The second kappa shape index (κ2) is 10.2. The van der Waals surface area contributed by atoms with Gasteiger partial charge in [0.05, 0.1) is 6.61 Å². The summed E-state index contributed by atoms with van der Waals surface area (Å²) < 4.78 is 21.4. The van der Waals surface area contributed by atoms with Gasteiger partial charge in [-0.05, 0) is 59.2 Å². The molecule has 0 aliphatic carbocycles. The molecule has 0 saturated carbocycles. The van der Waals surface area contributed by atoms with E-state index in [4.69, 9.17) is 18.9 Å². The summed E-state index contributed by atoms with van der Waals surface area (Å²) in [6.45, 7) is 11.4. The van der Waals surface area contributed by atoms with E-state index < -0.39 is 23.8 Å². The van der Waals surface area contributed by atoms with Gasteiger partial charge in [0.25, 0.3) is 0 Å². The molecule has 0 radical (unpaired) electrons. The van der Waals surface area contributed by atoms with Crippen LogP contribution in [0.2, 0.25) is 0 Å². The van der Waals surface area contributed by atoms with Crippen molar-refractivity contribution in [2.45, 2.75) is 65.8 Å². The van der Waals surface area contributed by atoms with Crippen LogP contribution in [0.3, 0.4) is 0 Å². The maximum absolute atomic E-state index is 12.0. The van der Waals surface area contributed by atoms with Crippen LogP contribution in [0, 0.1) is 0 Å². The predicted molar refractivity (Wildman–Crippen MR) is 98.1 cm³/mol. The Kier molecular flexibility index (Phi) is 8.58. The van der Waals surface area contributed by atoms with E-state index >= 15 is 0 Å². The van der Waals surface area contributed by atoms with E-state index in [1.807, 2.05) is 39.8 Å². The summed E-state index contributed by atoms with van der Waals surface area (Å²) in [5.74, 6) is -0.232. The van der Waals surface area contributed by atoms with Gasteiger partial charge in [0.2, 0.25) is 0 Å². The largest absolute Gasteiger partial charge is 0.479 e. The summed E-state index contributed by atoms with van der Waals surface area (Å²) >= 11 is 0. The highest BCUT2D eigenvalue weighted by molar-refractivity contribution is 5.75. The Balaban J connectivity index is 2.67. The highest BCUT2D eigenvalue weighted by Crippen LogP contribution is 2.18. The minimum Gasteiger partial charge on any atom is -0.479 e. The molecule has 1 aromatic carbocycles. The monoisotopic (exact) mass is 366 g/mol. The Hall–Kier alpha value is -2.08. The first kappa shape index (κ1) is 22.0. The lowest BCUT2D eigenvalue weighted by Gasteiger charge is -2.22. The summed E-state index contributed by atoms with van der Waals surface area (Å²) in [4.78, 5) is 23.9. The maximum atomic E-state index is 12.0. The molecule has 6 heteroatoms. The molecule has 0 spiro atoms. The minimum atomic E-state index is -0.712. The molecule has 146 valence electrons. The van der Waals surface area contributed by atoms with Crippen molar-refractivity contribution in [3.63, 3.8) is 0 Å². The van der Waals surface area contributed by atoms with Gasteiger partial charge >= 0.3 is 11.9 Å². The average molecular weight is 366 g/mol. The Morgan fingerprint density at radius 3 is 2.12 bits per heavy atom. The smallest absolute Gasteiger partial charge is 0.347 e. The van der Waals surface area contributed by atoms with Gasteiger partial charge in [-0.1, -0.05) is 12.1 Å². The van der Waals surface area contributed by atoms with Crippen LogP contribution in [-0.4, -0.2) is 43.0 Å². The van der Waals surface area contributed by atoms with E-state index in [1.165, 1.54) is 0 Å². The molecule has 0 amide bonds. The molecule has 0 saturated heterocycles. The van der Waals surface area contributed by atoms with E-state index in [0.717, 1.165) is 5.56 Å². The lowest BCUT2D eigenvalue weighted by molar-refractivity contribution is -0.162. The molecule has 6 nitrogen and oxygen atoms in total. The molecule has 0 aromatic heterocycles. The minimum absolute atomic E-state index is 0.317. The first-order valence-electron chi connectivity index (χ1n) is 8.93. The number of rotatable bonds is 9. The molecule has 26 heavy (non-hydrogen) atoms. The van der Waals surface area contributed by atoms with Crippen molar-refractivity contribution < 1.29 is 28.5 Å². The van der Waals surface area contributed by atoms with Gasteiger partial charge in [-0.25, -0.2) is 9.59 Å². The molecule has 1 rings (SSSR count). The summed E-state index contributed by atoms with van der Waals surface area (Å²) in [5, 5.41) is 0. The fourth-order valence-corrected chi connectivity index (χ4v) is 2.20. The molecule has 2 unspecified atom stereocenters. The highest BCUT2D eigenvalue weighted by Gasteiger charge is 2.23. The maximum Gasteiger partial charge on any atom is 0.347 e. The number of hydrogen-bond donors (Lipinski definition) is 0. The number of ether oxygens (including phenoxy) is 4. The van der Waals surface area contributed by atoms with Crippen molar-refractivity contribution in [3.8, 4) is 5.75 Å². The zero-order valence-electron chi connectivity index (χ0n) is 16.5. The Labute approximate surface area is 155 Å². The van der Waals surface area contributed by atoms with Gasteiger partial charge in [-0.3, -0.25) is 0 Å². The van der Waals surface area contributed by atoms with Gasteiger partial charge in [0, 0.05) is 13.0 Å². The van der Waals surface area contributed by atoms with Gasteiger partial charge in [0.15, 0.2) is 12.2 Å². The molecule has 1 aromatic rings. The van der Waals surface area contributed by atoms with Crippen LogP contribution in [0.1, 0.15) is 47.1 Å². The quantitative estimate of drug-likeness (QED) is 0.625. The first-order chi connectivity index (χ1) is 12.2. The van der Waals surface area contributed by atoms with Crippen molar-refractivity contribution in [2.75, 3.05) is 13.2 Å². The molecule has 0 aliphatic heterocycles. The molecule has 0 heterocycles. The Bertz CT molecular complexity index is 573. The van der Waals surface area contributed by atoms with E-state index in [9.17, 15) is 9.59 Å². The third-order valence-electron chi connectivity index (χ3n) is 3.31. The van der Waals surface area contributed by atoms with Gasteiger partial charge in [0.1, 0.15) is 11.4 Å². The molecule has 2 atom stereocenters. The number of carbonyl (C=O) groups is 2. The lowest BCUT2D eigenvalue weighted by atomic mass is 10.1. The van der Waals surface area contributed by atoms with Gasteiger partial charge in [-0.15, -0.1) is 0 Å². The molecular weight excluding hydrogens is 336 g/mol. The van der Waals surface area contributed by atoms with Crippen LogP contribution in [0.25, 0.3) is 0 Å². The van der Waals surface area contributed by atoms with Crippen molar-refractivity contribution >= 4 is 11.9 Å². The SMILES string of the molecule is CCOC(=O)C(Cc1ccc(OC(C)C(=O)OC(C)(C)C)cc1)OCC. The summed E-state index contributed by atoms with van der Waals surface area (Å²) in [5.41, 5.74) is 0.355.